The highest BCUT2D eigenvalue weighted by molar-refractivity contribution is 6.31. The smallest absolute Gasteiger partial charge is 0.262 e. The zero-order valence-electron chi connectivity index (χ0n) is 17.3. The highest BCUT2D eigenvalue weighted by Crippen LogP contribution is 2.24. The van der Waals surface area contributed by atoms with E-state index in [0.29, 0.717) is 34.3 Å². The summed E-state index contributed by atoms with van der Waals surface area (Å²) in [5.74, 6) is 0.677. The van der Waals surface area contributed by atoms with E-state index in [1.54, 1.807) is 66.7 Å². The molecule has 3 aromatic rings. The Labute approximate surface area is 186 Å². The summed E-state index contributed by atoms with van der Waals surface area (Å²) < 4.78 is 10.9. The summed E-state index contributed by atoms with van der Waals surface area (Å²) in [5, 5.41) is 6.18. The SMILES string of the molecule is CCOc1ccc(NC(=O)COc2ccc(C(=O)Nc3cccc(Cl)c3C)cc2)cc1. The third kappa shape index (κ3) is 6.23. The number of ether oxygens (including phenoxy) is 2. The molecule has 0 spiro atoms. The number of carbonyl (C=O) groups is 2. The number of rotatable bonds is 8. The molecule has 0 aliphatic carbocycles. The average molecular weight is 439 g/mol. The second-order valence-corrected chi connectivity index (χ2v) is 7.09. The molecule has 0 aliphatic heterocycles. The minimum absolute atomic E-state index is 0.152. The molecule has 0 fully saturated rings. The average Bonchev–Trinajstić information content (AvgIpc) is 2.77. The number of benzene rings is 3. The molecule has 7 heteroatoms. The van der Waals surface area contributed by atoms with Crippen molar-refractivity contribution in [3.05, 3.63) is 82.9 Å². The highest BCUT2D eigenvalue weighted by atomic mass is 35.5. The van der Waals surface area contributed by atoms with Crippen molar-refractivity contribution in [1.82, 2.24) is 0 Å². The zero-order valence-corrected chi connectivity index (χ0v) is 18.0. The van der Waals surface area contributed by atoms with E-state index >= 15 is 0 Å². The van der Waals surface area contributed by atoms with E-state index in [9.17, 15) is 9.59 Å². The summed E-state index contributed by atoms with van der Waals surface area (Å²) in [6.45, 7) is 4.18. The fourth-order valence-corrected chi connectivity index (χ4v) is 2.96. The van der Waals surface area contributed by atoms with Crippen LogP contribution in [0.15, 0.2) is 66.7 Å². The first-order valence-electron chi connectivity index (χ1n) is 9.78. The van der Waals surface area contributed by atoms with Gasteiger partial charge in [0.15, 0.2) is 6.61 Å². The molecule has 0 heterocycles. The Balaban J connectivity index is 1.51. The third-order valence-electron chi connectivity index (χ3n) is 4.45. The fraction of sp³-hybridized carbons (Fsp3) is 0.167. The minimum atomic E-state index is -0.289. The van der Waals surface area contributed by atoms with Gasteiger partial charge in [-0.1, -0.05) is 17.7 Å². The van der Waals surface area contributed by atoms with Gasteiger partial charge in [0.25, 0.3) is 11.8 Å². The normalized spacial score (nSPS) is 10.3. The van der Waals surface area contributed by atoms with E-state index in [4.69, 9.17) is 21.1 Å². The molecular formula is C24H23ClN2O4. The van der Waals surface area contributed by atoms with Gasteiger partial charge in [-0.05, 0) is 80.1 Å². The predicted octanol–water partition coefficient (Wildman–Crippen LogP) is 5.32. The maximum atomic E-state index is 12.5. The molecule has 2 amide bonds. The first kappa shape index (κ1) is 22.2. The molecular weight excluding hydrogens is 416 g/mol. The fourth-order valence-electron chi connectivity index (χ4n) is 2.79. The molecule has 6 nitrogen and oxygen atoms in total. The van der Waals surface area contributed by atoms with Gasteiger partial charge < -0.3 is 20.1 Å². The number of anilines is 2. The summed E-state index contributed by atoms with van der Waals surface area (Å²) in [5.41, 5.74) is 2.57. The van der Waals surface area contributed by atoms with Gasteiger partial charge in [-0.15, -0.1) is 0 Å². The van der Waals surface area contributed by atoms with Crippen molar-refractivity contribution in [2.24, 2.45) is 0 Å². The largest absolute Gasteiger partial charge is 0.494 e. The predicted molar refractivity (Wildman–Crippen MR) is 122 cm³/mol. The Bertz CT molecular complexity index is 1050. The lowest BCUT2D eigenvalue weighted by atomic mass is 10.1. The van der Waals surface area contributed by atoms with Crippen LogP contribution in [0.25, 0.3) is 0 Å². The molecule has 31 heavy (non-hydrogen) atoms. The quantitative estimate of drug-likeness (QED) is 0.499. The van der Waals surface area contributed by atoms with Crippen molar-refractivity contribution in [2.45, 2.75) is 13.8 Å². The number of hydrogen-bond donors (Lipinski definition) is 2. The van der Waals surface area contributed by atoms with Crippen LogP contribution in [0.1, 0.15) is 22.8 Å². The molecule has 0 unspecified atom stereocenters. The first-order chi connectivity index (χ1) is 15.0. The van der Waals surface area contributed by atoms with Crippen LogP contribution in [-0.4, -0.2) is 25.0 Å². The Hall–Kier alpha value is -3.51. The van der Waals surface area contributed by atoms with Crippen molar-refractivity contribution >= 4 is 34.8 Å². The van der Waals surface area contributed by atoms with E-state index < -0.39 is 0 Å². The maximum Gasteiger partial charge on any atom is 0.262 e. The minimum Gasteiger partial charge on any atom is -0.494 e. The molecule has 2 N–H and O–H groups in total. The lowest BCUT2D eigenvalue weighted by Gasteiger charge is -2.11. The summed E-state index contributed by atoms with van der Waals surface area (Å²) >= 11 is 6.09. The molecule has 0 atom stereocenters. The molecule has 3 aromatic carbocycles. The number of nitrogens with one attached hydrogen (secondary N) is 2. The number of carbonyl (C=O) groups excluding carboxylic acids is 2. The van der Waals surface area contributed by atoms with Gasteiger partial charge in [-0.2, -0.15) is 0 Å². The van der Waals surface area contributed by atoms with Crippen molar-refractivity contribution in [3.63, 3.8) is 0 Å². The van der Waals surface area contributed by atoms with E-state index in [1.807, 2.05) is 13.8 Å². The molecule has 0 aliphatic rings. The zero-order chi connectivity index (χ0) is 22.2. The second kappa shape index (κ2) is 10.5. The van der Waals surface area contributed by atoms with Crippen LogP contribution in [0.2, 0.25) is 5.02 Å². The van der Waals surface area contributed by atoms with E-state index in [0.717, 1.165) is 11.3 Å². The van der Waals surface area contributed by atoms with Gasteiger partial charge >= 0.3 is 0 Å². The van der Waals surface area contributed by atoms with E-state index in [1.165, 1.54) is 0 Å². The molecule has 0 radical (unpaired) electrons. The number of halogens is 1. The van der Waals surface area contributed by atoms with Gasteiger partial charge in [0.2, 0.25) is 0 Å². The molecule has 160 valence electrons. The van der Waals surface area contributed by atoms with Crippen LogP contribution in [0.5, 0.6) is 11.5 Å². The Kier molecular flexibility index (Phi) is 7.51. The molecule has 0 saturated heterocycles. The number of amides is 2. The Morgan fingerprint density at radius 1 is 0.871 bits per heavy atom. The summed E-state index contributed by atoms with van der Waals surface area (Å²) in [4.78, 5) is 24.5. The second-order valence-electron chi connectivity index (χ2n) is 6.69. The van der Waals surface area contributed by atoms with Gasteiger partial charge in [0, 0.05) is 22.0 Å². The number of hydrogen-bond acceptors (Lipinski definition) is 4. The Morgan fingerprint density at radius 2 is 1.52 bits per heavy atom. The van der Waals surface area contributed by atoms with Crippen molar-refractivity contribution in [2.75, 3.05) is 23.8 Å². The van der Waals surface area contributed by atoms with Crippen molar-refractivity contribution < 1.29 is 19.1 Å². The van der Waals surface area contributed by atoms with Crippen LogP contribution in [0, 0.1) is 6.92 Å². The molecule has 0 bridgehead atoms. The standard InChI is InChI=1S/C24H23ClN2O4/c1-3-30-19-13-9-18(10-14-19)26-23(28)15-31-20-11-7-17(8-12-20)24(29)27-22-6-4-5-21(25)16(22)2/h4-14H,3,15H2,1-2H3,(H,26,28)(H,27,29). The highest BCUT2D eigenvalue weighted by Gasteiger charge is 2.10. The summed E-state index contributed by atoms with van der Waals surface area (Å²) in [6, 6.07) is 19.0. The lowest BCUT2D eigenvalue weighted by molar-refractivity contribution is -0.118. The molecule has 0 aromatic heterocycles. The van der Waals surface area contributed by atoms with Crippen LogP contribution in [-0.2, 0) is 4.79 Å². The van der Waals surface area contributed by atoms with Gasteiger partial charge in [0.05, 0.1) is 6.61 Å². The van der Waals surface area contributed by atoms with Crippen LogP contribution >= 0.6 is 11.6 Å². The van der Waals surface area contributed by atoms with Crippen LogP contribution < -0.4 is 20.1 Å². The monoisotopic (exact) mass is 438 g/mol. The van der Waals surface area contributed by atoms with Gasteiger partial charge in [-0.3, -0.25) is 9.59 Å². The van der Waals surface area contributed by atoms with Gasteiger partial charge in [-0.25, -0.2) is 0 Å². The Morgan fingerprint density at radius 3 is 2.19 bits per heavy atom. The van der Waals surface area contributed by atoms with E-state index in [-0.39, 0.29) is 18.4 Å². The maximum absolute atomic E-state index is 12.5. The van der Waals surface area contributed by atoms with Gasteiger partial charge in [0.1, 0.15) is 11.5 Å². The van der Waals surface area contributed by atoms with Crippen LogP contribution in [0.3, 0.4) is 0 Å². The van der Waals surface area contributed by atoms with Crippen molar-refractivity contribution in [1.29, 1.82) is 0 Å². The van der Waals surface area contributed by atoms with Crippen molar-refractivity contribution in [3.8, 4) is 11.5 Å². The van der Waals surface area contributed by atoms with E-state index in [2.05, 4.69) is 10.6 Å². The molecule has 0 saturated carbocycles. The summed E-state index contributed by atoms with van der Waals surface area (Å²) in [6.07, 6.45) is 0. The molecule has 3 rings (SSSR count). The summed E-state index contributed by atoms with van der Waals surface area (Å²) in [7, 11) is 0. The van der Waals surface area contributed by atoms with Crippen LogP contribution in [0.4, 0.5) is 11.4 Å². The topological polar surface area (TPSA) is 76.7 Å². The lowest BCUT2D eigenvalue weighted by Crippen LogP contribution is -2.20. The first-order valence-corrected chi connectivity index (χ1v) is 10.2. The third-order valence-corrected chi connectivity index (χ3v) is 4.86.